The molecule has 1 aromatic heterocycles. The van der Waals surface area contributed by atoms with Gasteiger partial charge in [-0.1, -0.05) is 0 Å². The van der Waals surface area contributed by atoms with E-state index in [1.807, 2.05) is 10.8 Å². The zero-order valence-electron chi connectivity index (χ0n) is 11.4. The molecule has 0 aromatic carbocycles. The Morgan fingerprint density at radius 2 is 2.26 bits per heavy atom. The van der Waals surface area contributed by atoms with Gasteiger partial charge in [0.1, 0.15) is 11.9 Å². The highest BCUT2D eigenvalue weighted by Gasteiger charge is 2.32. The molecule has 2 aliphatic heterocycles. The Labute approximate surface area is 113 Å². The van der Waals surface area contributed by atoms with Gasteiger partial charge >= 0.3 is 5.97 Å². The number of aromatic nitrogens is 2. The van der Waals surface area contributed by atoms with E-state index in [-0.39, 0.29) is 0 Å². The minimum Gasteiger partial charge on any atom is -0.480 e. The number of likely N-dealkylation sites (tertiary alicyclic amines) is 1. The molecule has 5 nitrogen and oxygen atoms in total. The van der Waals surface area contributed by atoms with Crippen LogP contribution in [0.1, 0.15) is 49.2 Å². The van der Waals surface area contributed by atoms with Crippen molar-refractivity contribution in [2.45, 2.75) is 44.1 Å². The summed E-state index contributed by atoms with van der Waals surface area (Å²) in [6.07, 6.45) is 6.81. The standard InChI is InChI=1S/C14H21N3O2/c1-16-7-3-4-10(9-16)13-15-8-11-5-2-6-12(14(18)19)17(11)13/h8,10,12H,2-7,9H2,1H3,(H,18,19). The third-order valence-electron chi connectivity index (χ3n) is 4.40. The number of hydrogen-bond donors (Lipinski definition) is 1. The van der Waals surface area contributed by atoms with Gasteiger partial charge in [0.15, 0.2) is 0 Å². The second kappa shape index (κ2) is 4.96. The van der Waals surface area contributed by atoms with E-state index in [2.05, 4.69) is 16.9 Å². The minimum absolute atomic E-state index is 0.382. The Bertz CT molecular complexity index is 483. The fourth-order valence-electron chi connectivity index (χ4n) is 3.48. The average molecular weight is 263 g/mol. The van der Waals surface area contributed by atoms with Gasteiger partial charge < -0.3 is 14.6 Å². The van der Waals surface area contributed by atoms with Gasteiger partial charge in [-0.15, -0.1) is 0 Å². The molecule has 1 aromatic rings. The molecule has 0 spiro atoms. The van der Waals surface area contributed by atoms with Crippen LogP contribution in [-0.4, -0.2) is 45.7 Å². The summed E-state index contributed by atoms with van der Waals surface area (Å²) >= 11 is 0. The highest BCUT2D eigenvalue weighted by atomic mass is 16.4. The Balaban J connectivity index is 1.94. The predicted molar refractivity (Wildman–Crippen MR) is 71.3 cm³/mol. The molecule has 2 atom stereocenters. The van der Waals surface area contributed by atoms with Crippen LogP contribution in [0.25, 0.3) is 0 Å². The highest BCUT2D eigenvalue weighted by molar-refractivity contribution is 5.72. The van der Waals surface area contributed by atoms with Crippen LogP contribution < -0.4 is 0 Å². The fraction of sp³-hybridized carbons (Fsp3) is 0.714. The second-order valence-corrected chi connectivity index (χ2v) is 5.83. The number of aliphatic carboxylic acids is 1. The monoisotopic (exact) mass is 263 g/mol. The van der Waals surface area contributed by atoms with Crippen molar-refractivity contribution in [3.63, 3.8) is 0 Å². The van der Waals surface area contributed by atoms with Crippen LogP contribution in [0.3, 0.4) is 0 Å². The van der Waals surface area contributed by atoms with Crippen molar-refractivity contribution in [3.8, 4) is 0 Å². The molecular formula is C14H21N3O2. The van der Waals surface area contributed by atoms with Crippen molar-refractivity contribution in [3.05, 3.63) is 17.7 Å². The first kappa shape index (κ1) is 12.7. The van der Waals surface area contributed by atoms with Gasteiger partial charge in [-0.05, 0) is 45.7 Å². The van der Waals surface area contributed by atoms with Gasteiger partial charge in [0.25, 0.3) is 0 Å². The molecule has 0 radical (unpaired) electrons. The molecule has 3 heterocycles. The van der Waals surface area contributed by atoms with E-state index in [0.717, 1.165) is 50.3 Å². The topological polar surface area (TPSA) is 58.4 Å². The van der Waals surface area contributed by atoms with Crippen molar-refractivity contribution in [2.75, 3.05) is 20.1 Å². The van der Waals surface area contributed by atoms with E-state index in [4.69, 9.17) is 0 Å². The van der Waals surface area contributed by atoms with Crippen LogP contribution in [0.2, 0.25) is 0 Å². The Morgan fingerprint density at radius 3 is 3.00 bits per heavy atom. The number of imidazole rings is 1. The number of aryl methyl sites for hydroxylation is 1. The summed E-state index contributed by atoms with van der Waals surface area (Å²) in [4.78, 5) is 18.3. The van der Waals surface area contributed by atoms with Crippen LogP contribution in [0.5, 0.6) is 0 Å². The molecule has 2 aliphatic rings. The molecule has 0 amide bonds. The maximum Gasteiger partial charge on any atom is 0.326 e. The van der Waals surface area contributed by atoms with Crippen LogP contribution in [0.4, 0.5) is 0 Å². The number of carbonyl (C=O) groups is 1. The predicted octanol–water partition coefficient (Wildman–Crippen LogP) is 1.65. The SMILES string of the molecule is CN1CCCC(c2ncc3n2C(C(=O)O)CCC3)C1. The lowest BCUT2D eigenvalue weighted by molar-refractivity contribution is -0.141. The lowest BCUT2D eigenvalue weighted by Crippen LogP contribution is -2.34. The van der Waals surface area contributed by atoms with Crippen molar-refractivity contribution in [2.24, 2.45) is 0 Å². The maximum atomic E-state index is 11.5. The van der Waals surface area contributed by atoms with E-state index in [9.17, 15) is 9.90 Å². The van der Waals surface area contributed by atoms with E-state index < -0.39 is 12.0 Å². The highest BCUT2D eigenvalue weighted by Crippen LogP contribution is 2.33. The van der Waals surface area contributed by atoms with Gasteiger partial charge in [-0.2, -0.15) is 0 Å². The molecule has 104 valence electrons. The summed E-state index contributed by atoms with van der Waals surface area (Å²) in [6, 6.07) is -0.409. The Hall–Kier alpha value is -1.36. The summed E-state index contributed by atoms with van der Waals surface area (Å²) in [7, 11) is 2.13. The van der Waals surface area contributed by atoms with Crippen LogP contribution in [0, 0.1) is 0 Å². The fourth-order valence-corrected chi connectivity index (χ4v) is 3.48. The van der Waals surface area contributed by atoms with Crippen molar-refractivity contribution in [1.82, 2.24) is 14.5 Å². The van der Waals surface area contributed by atoms with Crippen LogP contribution >= 0.6 is 0 Å². The van der Waals surface area contributed by atoms with Gasteiger partial charge in [-0.25, -0.2) is 9.78 Å². The minimum atomic E-state index is -0.718. The van der Waals surface area contributed by atoms with E-state index in [1.165, 1.54) is 6.42 Å². The van der Waals surface area contributed by atoms with E-state index in [0.29, 0.717) is 5.92 Å². The van der Waals surface area contributed by atoms with Gasteiger partial charge in [-0.3, -0.25) is 0 Å². The van der Waals surface area contributed by atoms with E-state index in [1.54, 1.807) is 0 Å². The number of piperidine rings is 1. The Kier molecular flexibility index (Phi) is 3.31. The molecule has 0 bridgehead atoms. The normalized spacial score (nSPS) is 28.1. The summed E-state index contributed by atoms with van der Waals surface area (Å²) < 4.78 is 2.01. The van der Waals surface area contributed by atoms with Gasteiger partial charge in [0.05, 0.1) is 0 Å². The largest absolute Gasteiger partial charge is 0.480 e. The first-order valence-corrected chi connectivity index (χ1v) is 7.14. The average Bonchev–Trinajstić information content (AvgIpc) is 2.82. The maximum absolute atomic E-state index is 11.5. The molecule has 0 saturated carbocycles. The summed E-state index contributed by atoms with van der Waals surface area (Å²) in [6.45, 7) is 2.12. The third kappa shape index (κ3) is 2.27. The molecule has 5 heteroatoms. The molecule has 0 aliphatic carbocycles. The molecule has 1 N–H and O–H groups in total. The van der Waals surface area contributed by atoms with Crippen molar-refractivity contribution in [1.29, 1.82) is 0 Å². The molecule has 1 saturated heterocycles. The van der Waals surface area contributed by atoms with Crippen molar-refractivity contribution >= 4 is 5.97 Å². The number of carboxylic acid groups (broad SMARTS) is 1. The third-order valence-corrected chi connectivity index (χ3v) is 4.40. The van der Waals surface area contributed by atoms with E-state index >= 15 is 0 Å². The summed E-state index contributed by atoms with van der Waals surface area (Å²) in [5.74, 6) is 0.658. The first-order chi connectivity index (χ1) is 9.16. The summed E-state index contributed by atoms with van der Waals surface area (Å²) in [5, 5.41) is 9.42. The quantitative estimate of drug-likeness (QED) is 0.881. The number of rotatable bonds is 2. The number of fused-ring (bicyclic) bond motifs is 1. The van der Waals surface area contributed by atoms with Gasteiger partial charge in [0.2, 0.25) is 0 Å². The van der Waals surface area contributed by atoms with Gasteiger partial charge in [0, 0.05) is 24.4 Å². The second-order valence-electron chi connectivity index (χ2n) is 5.83. The molecular weight excluding hydrogens is 242 g/mol. The lowest BCUT2D eigenvalue weighted by atomic mass is 9.96. The number of likely N-dealkylation sites (N-methyl/N-ethyl adjacent to an activating group) is 1. The molecule has 3 rings (SSSR count). The first-order valence-electron chi connectivity index (χ1n) is 7.14. The number of nitrogens with zero attached hydrogens (tertiary/aromatic N) is 3. The van der Waals surface area contributed by atoms with Crippen LogP contribution in [0.15, 0.2) is 6.20 Å². The number of hydrogen-bond acceptors (Lipinski definition) is 3. The molecule has 2 unspecified atom stereocenters. The van der Waals surface area contributed by atoms with Crippen molar-refractivity contribution < 1.29 is 9.90 Å². The zero-order chi connectivity index (χ0) is 13.4. The zero-order valence-corrected chi connectivity index (χ0v) is 11.4. The lowest BCUT2D eigenvalue weighted by Gasteiger charge is -2.32. The summed E-state index contributed by atoms with van der Waals surface area (Å²) in [5.41, 5.74) is 1.10. The smallest absolute Gasteiger partial charge is 0.326 e. The Morgan fingerprint density at radius 1 is 1.42 bits per heavy atom. The molecule has 19 heavy (non-hydrogen) atoms. The number of carboxylic acids is 1. The van der Waals surface area contributed by atoms with Crippen LogP contribution in [-0.2, 0) is 11.2 Å². The molecule has 1 fully saturated rings.